The summed E-state index contributed by atoms with van der Waals surface area (Å²) in [7, 11) is 1.68. The van der Waals surface area contributed by atoms with Crippen LogP contribution in [0.25, 0.3) is 0 Å². The van der Waals surface area contributed by atoms with Crippen LogP contribution in [0.5, 0.6) is 0 Å². The van der Waals surface area contributed by atoms with Crippen LogP contribution in [0.1, 0.15) is 25.8 Å². The van der Waals surface area contributed by atoms with Crippen LogP contribution in [-0.2, 0) is 4.79 Å². The van der Waals surface area contributed by atoms with Crippen LogP contribution in [0.2, 0.25) is 0 Å². The van der Waals surface area contributed by atoms with Crippen molar-refractivity contribution < 1.29 is 4.79 Å². The molecule has 0 saturated heterocycles. The topological polar surface area (TPSA) is 70.1 Å². The van der Waals surface area contributed by atoms with Crippen molar-refractivity contribution in [1.82, 2.24) is 0 Å². The maximum Gasteiger partial charge on any atom is 0.243 e. The molecule has 0 radical (unpaired) electrons. The van der Waals surface area contributed by atoms with Crippen LogP contribution in [0.3, 0.4) is 0 Å². The normalized spacial score (nSPS) is 12.0. The Morgan fingerprint density at radius 1 is 1.50 bits per heavy atom. The van der Waals surface area contributed by atoms with E-state index < -0.39 is 6.04 Å². The number of benzene rings is 1. The van der Waals surface area contributed by atoms with E-state index in [1.54, 1.807) is 31.3 Å². The quantitative estimate of drug-likeness (QED) is 0.880. The second-order valence-electron chi connectivity index (χ2n) is 4.80. The molecular formula is C14H19N3O. The maximum absolute atomic E-state index is 12.1. The molecule has 1 unspecified atom stereocenters. The molecule has 4 nitrogen and oxygen atoms in total. The maximum atomic E-state index is 12.1. The molecule has 1 amide bonds. The van der Waals surface area contributed by atoms with Gasteiger partial charge in [-0.1, -0.05) is 19.9 Å². The third-order valence-electron chi connectivity index (χ3n) is 2.74. The first-order valence-electron chi connectivity index (χ1n) is 5.99. The molecule has 0 bridgehead atoms. The first-order chi connectivity index (χ1) is 8.45. The Morgan fingerprint density at radius 3 is 2.72 bits per heavy atom. The number of nitrogens with zero attached hydrogens (tertiary/aromatic N) is 2. The molecular weight excluding hydrogens is 226 g/mol. The summed E-state index contributed by atoms with van der Waals surface area (Å²) in [5.41, 5.74) is 7.10. The zero-order valence-corrected chi connectivity index (χ0v) is 11.1. The summed E-state index contributed by atoms with van der Waals surface area (Å²) in [4.78, 5) is 13.6. The summed E-state index contributed by atoms with van der Waals surface area (Å²) in [5, 5.41) is 8.83. The number of carbonyl (C=O) groups excluding carboxylic acids is 1. The monoisotopic (exact) mass is 245 g/mol. The Bertz CT molecular complexity index is 462. The Balaban J connectivity index is 2.83. The molecule has 0 heterocycles. The Hall–Kier alpha value is -1.86. The number of hydrogen-bond acceptors (Lipinski definition) is 3. The van der Waals surface area contributed by atoms with Gasteiger partial charge in [0.2, 0.25) is 5.91 Å². The Kier molecular flexibility index (Phi) is 4.87. The first-order valence-corrected chi connectivity index (χ1v) is 5.99. The number of nitrogens with two attached hydrogens (primary N) is 1. The Labute approximate surface area is 108 Å². The summed E-state index contributed by atoms with van der Waals surface area (Å²) in [5.74, 6) is 0.251. The van der Waals surface area contributed by atoms with Crippen molar-refractivity contribution in [2.24, 2.45) is 11.7 Å². The zero-order chi connectivity index (χ0) is 13.7. The molecule has 0 spiro atoms. The molecule has 0 aliphatic carbocycles. The first kappa shape index (κ1) is 14.2. The molecule has 0 fully saturated rings. The fraction of sp³-hybridized carbons (Fsp3) is 0.429. The Morgan fingerprint density at radius 2 is 2.17 bits per heavy atom. The number of hydrogen-bond donors (Lipinski definition) is 1. The van der Waals surface area contributed by atoms with Gasteiger partial charge in [0.1, 0.15) is 0 Å². The van der Waals surface area contributed by atoms with Crippen molar-refractivity contribution in [1.29, 1.82) is 5.26 Å². The average Bonchev–Trinajstić information content (AvgIpc) is 2.36. The average molecular weight is 245 g/mol. The lowest BCUT2D eigenvalue weighted by Crippen LogP contribution is -2.42. The third kappa shape index (κ3) is 3.57. The van der Waals surface area contributed by atoms with Crippen LogP contribution < -0.4 is 10.6 Å². The summed E-state index contributed by atoms with van der Waals surface area (Å²) in [6.45, 7) is 4.06. The highest BCUT2D eigenvalue weighted by Gasteiger charge is 2.20. The van der Waals surface area contributed by atoms with E-state index in [-0.39, 0.29) is 5.91 Å². The zero-order valence-electron chi connectivity index (χ0n) is 11.1. The molecule has 0 aliphatic rings. The van der Waals surface area contributed by atoms with Crippen LogP contribution >= 0.6 is 0 Å². The minimum absolute atomic E-state index is 0.126. The van der Waals surface area contributed by atoms with E-state index in [9.17, 15) is 4.79 Å². The van der Waals surface area contributed by atoms with Crippen molar-refractivity contribution >= 4 is 11.6 Å². The second-order valence-corrected chi connectivity index (χ2v) is 4.80. The largest absolute Gasteiger partial charge is 0.320 e. The van der Waals surface area contributed by atoms with E-state index in [4.69, 9.17) is 11.0 Å². The van der Waals surface area contributed by atoms with E-state index in [1.807, 2.05) is 13.8 Å². The smallest absolute Gasteiger partial charge is 0.243 e. The standard InChI is InChI=1S/C14H19N3O/c1-10(2)7-13(16)14(18)17(3)12-6-4-5-11(8-12)9-15/h4-6,8,10,13H,7,16H2,1-3H3. The summed E-state index contributed by atoms with van der Waals surface area (Å²) in [6.07, 6.45) is 0.654. The van der Waals surface area contributed by atoms with Crippen LogP contribution in [0.15, 0.2) is 24.3 Å². The van der Waals surface area contributed by atoms with Crippen LogP contribution in [0.4, 0.5) is 5.69 Å². The number of amides is 1. The molecule has 0 saturated carbocycles. The van der Waals surface area contributed by atoms with E-state index in [0.717, 1.165) is 0 Å². The van der Waals surface area contributed by atoms with Crippen molar-refractivity contribution in [3.8, 4) is 6.07 Å². The number of likely N-dealkylation sites (N-methyl/N-ethyl adjacent to an activating group) is 1. The van der Waals surface area contributed by atoms with Gasteiger partial charge in [0.25, 0.3) is 0 Å². The van der Waals surface area contributed by atoms with Crippen LogP contribution in [-0.4, -0.2) is 19.0 Å². The minimum atomic E-state index is -0.499. The highest BCUT2D eigenvalue weighted by atomic mass is 16.2. The lowest BCUT2D eigenvalue weighted by atomic mass is 10.0. The van der Waals surface area contributed by atoms with E-state index in [1.165, 1.54) is 4.90 Å². The van der Waals surface area contributed by atoms with Crippen LogP contribution in [0, 0.1) is 17.2 Å². The predicted octanol–water partition coefficient (Wildman–Crippen LogP) is 1.89. The van der Waals surface area contributed by atoms with E-state index >= 15 is 0 Å². The van der Waals surface area contributed by atoms with Crippen molar-refractivity contribution in [2.75, 3.05) is 11.9 Å². The fourth-order valence-electron chi connectivity index (χ4n) is 1.77. The highest BCUT2D eigenvalue weighted by molar-refractivity contribution is 5.96. The summed E-state index contributed by atoms with van der Waals surface area (Å²) in [6, 6.07) is 8.49. The predicted molar refractivity (Wildman–Crippen MR) is 72.0 cm³/mol. The van der Waals surface area contributed by atoms with Gasteiger partial charge in [-0.05, 0) is 30.5 Å². The number of nitriles is 1. The van der Waals surface area contributed by atoms with Gasteiger partial charge in [-0.15, -0.1) is 0 Å². The van der Waals surface area contributed by atoms with Gasteiger partial charge in [-0.25, -0.2) is 0 Å². The van der Waals surface area contributed by atoms with Crippen molar-refractivity contribution in [3.63, 3.8) is 0 Å². The molecule has 4 heteroatoms. The summed E-state index contributed by atoms with van der Waals surface area (Å²) >= 11 is 0. The highest BCUT2D eigenvalue weighted by Crippen LogP contribution is 2.16. The molecule has 1 atom stereocenters. The fourth-order valence-corrected chi connectivity index (χ4v) is 1.77. The van der Waals surface area contributed by atoms with Gasteiger partial charge < -0.3 is 10.6 Å². The third-order valence-corrected chi connectivity index (χ3v) is 2.74. The number of carbonyl (C=O) groups is 1. The molecule has 1 aromatic rings. The lowest BCUT2D eigenvalue weighted by Gasteiger charge is -2.22. The van der Waals surface area contributed by atoms with Crippen molar-refractivity contribution in [2.45, 2.75) is 26.3 Å². The van der Waals surface area contributed by atoms with Gasteiger partial charge in [0, 0.05) is 12.7 Å². The van der Waals surface area contributed by atoms with Gasteiger partial charge >= 0.3 is 0 Å². The number of rotatable bonds is 4. The van der Waals surface area contributed by atoms with E-state index in [0.29, 0.717) is 23.6 Å². The second kappa shape index (κ2) is 6.18. The minimum Gasteiger partial charge on any atom is -0.320 e. The molecule has 0 aliphatic heterocycles. The molecule has 2 N–H and O–H groups in total. The molecule has 18 heavy (non-hydrogen) atoms. The van der Waals surface area contributed by atoms with Gasteiger partial charge in [-0.3, -0.25) is 4.79 Å². The number of anilines is 1. The van der Waals surface area contributed by atoms with Gasteiger partial charge in [0.15, 0.2) is 0 Å². The molecule has 1 aromatic carbocycles. The molecule has 0 aromatic heterocycles. The molecule has 1 rings (SSSR count). The summed E-state index contributed by atoms with van der Waals surface area (Å²) < 4.78 is 0. The SMILES string of the molecule is CC(C)CC(N)C(=O)N(C)c1cccc(C#N)c1. The van der Waals surface area contributed by atoms with Crippen molar-refractivity contribution in [3.05, 3.63) is 29.8 Å². The van der Waals surface area contributed by atoms with Gasteiger partial charge in [0.05, 0.1) is 17.7 Å². The lowest BCUT2D eigenvalue weighted by molar-refractivity contribution is -0.119. The molecule has 96 valence electrons. The van der Waals surface area contributed by atoms with E-state index in [2.05, 4.69) is 6.07 Å². The van der Waals surface area contributed by atoms with Gasteiger partial charge in [-0.2, -0.15) is 5.26 Å².